The summed E-state index contributed by atoms with van der Waals surface area (Å²) in [6.07, 6.45) is 1.73. The summed E-state index contributed by atoms with van der Waals surface area (Å²) in [6.45, 7) is 9.22. The maximum absolute atomic E-state index is 12.3. The molecule has 0 saturated carbocycles. The Kier molecular flexibility index (Phi) is 4.74. The van der Waals surface area contributed by atoms with Crippen LogP contribution in [0.4, 0.5) is 10.6 Å². The molecule has 1 aliphatic rings. The lowest BCUT2D eigenvalue weighted by Crippen LogP contribution is -2.49. The molecule has 0 aromatic carbocycles. The minimum atomic E-state index is -0.152. The number of hydrogen-bond donors (Lipinski definition) is 1. The van der Waals surface area contributed by atoms with E-state index in [4.69, 9.17) is 4.52 Å². The van der Waals surface area contributed by atoms with E-state index < -0.39 is 0 Å². The van der Waals surface area contributed by atoms with E-state index in [1.807, 2.05) is 13.8 Å². The molecule has 2 amide bonds. The molecule has 3 rings (SSSR count). The van der Waals surface area contributed by atoms with Crippen molar-refractivity contribution in [1.29, 1.82) is 0 Å². The minimum absolute atomic E-state index is 0.152. The standard InChI is InChI=1S/C14H22N8O2/c1-10(2)22-9-12(17-19-22)16-14(23)21-6-4-20(5-7-21)8-13-15-11(3)24-18-13/h9-10H,4-8H2,1-3H3,(H,16,23). The van der Waals surface area contributed by atoms with Gasteiger partial charge in [0, 0.05) is 39.1 Å². The van der Waals surface area contributed by atoms with Crippen LogP contribution in [0.3, 0.4) is 0 Å². The first kappa shape index (κ1) is 16.4. The third kappa shape index (κ3) is 3.88. The van der Waals surface area contributed by atoms with Crippen LogP contribution in [0.5, 0.6) is 0 Å². The number of anilines is 1. The lowest BCUT2D eigenvalue weighted by molar-refractivity contribution is 0.140. The van der Waals surface area contributed by atoms with Gasteiger partial charge < -0.3 is 9.42 Å². The topological polar surface area (TPSA) is 105 Å². The van der Waals surface area contributed by atoms with Crippen molar-refractivity contribution in [2.24, 2.45) is 0 Å². The Bertz CT molecular complexity index is 687. The van der Waals surface area contributed by atoms with Crippen LogP contribution >= 0.6 is 0 Å². The molecule has 0 atom stereocenters. The molecule has 10 heteroatoms. The molecule has 1 N–H and O–H groups in total. The first-order valence-electron chi connectivity index (χ1n) is 8.00. The SMILES string of the molecule is Cc1nc(CN2CCN(C(=O)Nc3cn(C(C)C)nn3)CC2)no1. The summed E-state index contributed by atoms with van der Waals surface area (Å²) in [7, 11) is 0. The Morgan fingerprint density at radius 2 is 2.08 bits per heavy atom. The van der Waals surface area contributed by atoms with Crippen LogP contribution in [0, 0.1) is 6.92 Å². The molecular formula is C14H22N8O2. The van der Waals surface area contributed by atoms with Crippen LogP contribution in [0.1, 0.15) is 31.6 Å². The van der Waals surface area contributed by atoms with E-state index in [0.717, 1.165) is 13.1 Å². The fourth-order valence-electron chi connectivity index (χ4n) is 2.49. The van der Waals surface area contributed by atoms with Crippen LogP contribution in [0.15, 0.2) is 10.7 Å². The molecule has 1 saturated heterocycles. The summed E-state index contributed by atoms with van der Waals surface area (Å²) in [5.74, 6) is 1.71. The zero-order valence-corrected chi connectivity index (χ0v) is 14.1. The zero-order chi connectivity index (χ0) is 17.1. The van der Waals surface area contributed by atoms with Crippen molar-refractivity contribution in [3.8, 4) is 0 Å². The lowest BCUT2D eigenvalue weighted by Gasteiger charge is -2.33. The first-order chi connectivity index (χ1) is 11.5. The number of hydrogen-bond acceptors (Lipinski definition) is 7. The molecule has 10 nitrogen and oxygen atoms in total. The summed E-state index contributed by atoms with van der Waals surface area (Å²) >= 11 is 0. The number of rotatable bonds is 4. The number of nitrogens with zero attached hydrogens (tertiary/aromatic N) is 7. The molecule has 0 unspecified atom stereocenters. The summed E-state index contributed by atoms with van der Waals surface area (Å²) in [5.41, 5.74) is 0. The fourth-order valence-corrected chi connectivity index (χ4v) is 2.49. The van der Waals surface area contributed by atoms with Crippen LogP contribution in [-0.2, 0) is 6.54 Å². The van der Waals surface area contributed by atoms with Gasteiger partial charge in [0.15, 0.2) is 11.6 Å². The predicted molar refractivity (Wildman–Crippen MR) is 85.3 cm³/mol. The molecular weight excluding hydrogens is 312 g/mol. The van der Waals surface area contributed by atoms with Gasteiger partial charge in [-0.25, -0.2) is 9.48 Å². The average Bonchev–Trinajstić information content (AvgIpc) is 3.17. The number of carbonyl (C=O) groups excluding carboxylic acids is 1. The van der Waals surface area contributed by atoms with Gasteiger partial charge in [0.1, 0.15) is 0 Å². The summed E-state index contributed by atoms with van der Waals surface area (Å²) in [4.78, 5) is 20.5. The Labute approximate surface area is 139 Å². The number of amides is 2. The van der Waals surface area contributed by atoms with Crippen molar-refractivity contribution in [2.75, 3.05) is 31.5 Å². The molecule has 0 spiro atoms. The van der Waals surface area contributed by atoms with E-state index in [9.17, 15) is 4.79 Å². The Hall–Kier alpha value is -2.49. The number of nitrogens with one attached hydrogen (secondary N) is 1. The maximum atomic E-state index is 12.3. The molecule has 0 radical (unpaired) electrons. The highest BCUT2D eigenvalue weighted by molar-refractivity contribution is 5.88. The number of piperazine rings is 1. The highest BCUT2D eigenvalue weighted by atomic mass is 16.5. The fraction of sp³-hybridized carbons (Fsp3) is 0.643. The number of urea groups is 1. The molecule has 1 fully saturated rings. The third-order valence-electron chi connectivity index (χ3n) is 3.87. The second-order valence-electron chi connectivity index (χ2n) is 6.10. The number of aryl methyl sites for hydroxylation is 1. The van der Waals surface area contributed by atoms with Crippen molar-refractivity contribution in [2.45, 2.75) is 33.4 Å². The van der Waals surface area contributed by atoms with Gasteiger partial charge in [-0.1, -0.05) is 10.4 Å². The van der Waals surface area contributed by atoms with Gasteiger partial charge in [0.2, 0.25) is 5.89 Å². The summed E-state index contributed by atoms with van der Waals surface area (Å²) in [6, 6.07) is 0.0568. The van der Waals surface area contributed by atoms with Crippen molar-refractivity contribution in [1.82, 2.24) is 34.9 Å². The van der Waals surface area contributed by atoms with Gasteiger partial charge in [-0.2, -0.15) is 4.98 Å². The molecule has 0 bridgehead atoms. The van der Waals surface area contributed by atoms with E-state index >= 15 is 0 Å². The van der Waals surface area contributed by atoms with Crippen LogP contribution < -0.4 is 5.32 Å². The molecule has 24 heavy (non-hydrogen) atoms. The second kappa shape index (κ2) is 6.95. The van der Waals surface area contributed by atoms with E-state index in [1.54, 1.807) is 22.7 Å². The maximum Gasteiger partial charge on any atom is 0.323 e. The van der Waals surface area contributed by atoms with Gasteiger partial charge in [-0.3, -0.25) is 10.2 Å². The Balaban J connectivity index is 1.47. The van der Waals surface area contributed by atoms with Gasteiger partial charge in [0.25, 0.3) is 0 Å². The summed E-state index contributed by atoms with van der Waals surface area (Å²) < 4.78 is 6.68. The Morgan fingerprint density at radius 3 is 2.67 bits per heavy atom. The van der Waals surface area contributed by atoms with Crippen molar-refractivity contribution in [3.05, 3.63) is 17.9 Å². The first-order valence-corrected chi connectivity index (χ1v) is 8.00. The smallest absolute Gasteiger partial charge is 0.323 e. The van der Waals surface area contributed by atoms with Crippen molar-refractivity contribution >= 4 is 11.8 Å². The molecule has 2 aromatic rings. The van der Waals surface area contributed by atoms with E-state index in [2.05, 4.69) is 30.7 Å². The van der Waals surface area contributed by atoms with Gasteiger partial charge >= 0.3 is 6.03 Å². The minimum Gasteiger partial charge on any atom is -0.340 e. The monoisotopic (exact) mass is 334 g/mol. The van der Waals surface area contributed by atoms with Crippen molar-refractivity contribution in [3.63, 3.8) is 0 Å². The van der Waals surface area contributed by atoms with Crippen LogP contribution in [0.2, 0.25) is 0 Å². The normalized spacial score (nSPS) is 15.9. The van der Waals surface area contributed by atoms with E-state index in [1.165, 1.54) is 0 Å². The quantitative estimate of drug-likeness (QED) is 0.885. The second-order valence-corrected chi connectivity index (χ2v) is 6.10. The largest absolute Gasteiger partial charge is 0.340 e. The van der Waals surface area contributed by atoms with Gasteiger partial charge in [0.05, 0.1) is 12.7 Å². The molecule has 1 aliphatic heterocycles. The van der Waals surface area contributed by atoms with Crippen LogP contribution in [-0.4, -0.2) is 67.1 Å². The summed E-state index contributed by atoms with van der Waals surface area (Å²) in [5, 5.41) is 14.6. The highest BCUT2D eigenvalue weighted by Gasteiger charge is 2.22. The lowest BCUT2D eigenvalue weighted by atomic mass is 10.3. The Morgan fingerprint density at radius 1 is 1.33 bits per heavy atom. The number of aromatic nitrogens is 5. The zero-order valence-electron chi connectivity index (χ0n) is 14.1. The predicted octanol–water partition coefficient (Wildman–Crippen LogP) is 0.900. The number of carbonyl (C=O) groups is 1. The molecule has 2 aromatic heterocycles. The molecule has 130 valence electrons. The van der Waals surface area contributed by atoms with E-state index in [-0.39, 0.29) is 12.1 Å². The molecule has 0 aliphatic carbocycles. The van der Waals surface area contributed by atoms with E-state index in [0.29, 0.717) is 37.2 Å². The van der Waals surface area contributed by atoms with Gasteiger partial charge in [-0.05, 0) is 13.8 Å². The molecule has 3 heterocycles. The van der Waals surface area contributed by atoms with Crippen molar-refractivity contribution < 1.29 is 9.32 Å². The van der Waals surface area contributed by atoms with Gasteiger partial charge in [-0.15, -0.1) is 5.10 Å². The highest BCUT2D eigenvalue weighted by Crippen LogP contribution is 2.10. The van der Waals surface area contributed by atoms with Crippen LogP contribution in [0.25, 0.3) is 0 Å². The third-order valence-corrected chi connectivity index (χ3v) is 3.87. The average molecular weight is 334 g/mol.